The molecule has 0 bridgehead atoms. The molecule has 0 atom stereocenters. The van der Waals surface area contributed by atoms with Gasteiger partial charge in [-0.1, -0.05) is 139 Å². The van der Waals surface area contributed by atoms with Crippen LogP contribution < -0.4 is 4.90 Å². The van der Waals surface area contributed by atoms with E-state index in [1.165, 1.54) is 38.9 Å². The van der Waals surface area contributed by atoms with Crippen LogP contribution >= 0.6 is 0 Å². The molecule has 0 fully saturated rings. The van der Waals surface area contributed by atoms with Crippen molar-refractivity contribution in [3.05, 3.63) is 200 Å². The number of aryl methyl sites for hydroxylation is 1. The summed E-state index contributed by atoms with van der Waals surface area (Å²) in [6.45, 7) is 2.13. The molecule has 8 aromatic carbocycles. The number of rotatable bonds is 7. The van der Waals surface area contributed by atoms with Crippen LogP contribution in [0, 0.1) is 6.92 Å². The van der Waals surface area contributed by atoms with Gasteiger partial charge in [0.05, 0.1) is 0 Å². The summed E-state index contributed by atoms with van der Waals surface area (Å²) >= 11 is 0. The van der Waals surface area contributed by atoms with E-state index in [2.05, 4.69) is 194 Å². The molecule has 0 N–H and O–H groups in total. The molecule has 0 amide bonds. The topological polar surface area (TPSA) is 16.4 Å². The second-order valence-corrected chi connectivity index (χ2v) is 13.1. The summed E-state index contributed by atoms with van der Waals surface area (Å²) in [5.41, 5.74) is 15.9. The maximum absolute atomic E-state index is 6.09. The first kappa shape index (κ1) is 30.4. The van der Waals surface area contributed by atoms with Crippen LogP contribution in [-0.4, -0.2) is 0 Å². The predicted molar refractivity (Wildman–Crippen MR) is 215 cm³/mol. The van der Waals surface area contributed by atoms with Crippen LogP contribution in [0.15, 0.2) is 199 Å². The van der Waals surface area contributed by atoms with Crippen LogP contribution in [-0.2, 0) is 0 Å². The SMILES string of the molecule is Cc1ccc(-c2cccc(-c3ccc(N(c4ccc(-c5ccccc5)cc4)c4ccc(-c5ccc6oc7ccccc7c6c5)cc4)cc3)c2)cc1. The molecule has 9 rings (SSSR count). The van der Waals surface area contributed by atoms with Gasteiger partial charge in [-0.3, -0.25) is 0 Å². The summed E-state index contributed by atoms with van der Waals surface area (Å²) in [6, 6.07) is 69.4. The molecular formula is C49H35NO. The highest BCUT2D eigenvalue weighted by Crippen LogP contribution is 2.39. The van der Waals surface area contributed by atoms with Gasteiger partial charge < -0.3 is 9.32 Å². The summed E-state index contributed by atoms with van der Waals surface area (Å²) in [4.78, 5) is 2.33. The highest BCUT2D eigenvalue weighted by Gasteiger charge is 2.15. The Morgan fingerprint density at radius 3 is 1.31 bits per heavy atom. The first-order chi connectivity index (χ1) is 25.2. The quantitative estimate of drug-likeness (QED) is 0.170. The molecule has 1 heterocycles. The molecular weight excluding hydrogens is 619 g/mol. The predicted octanol–water partition coefficient (Wildman–Crippen LogP) is 14.0. The minimum atomic E-state index is 0.909. The number of benzene rings is 8. The molecule has 0 aliphatic carbocycles. The molecule has 0 saturated heterocycles. The third kappa shape index (κ3) is 5.98. The molecule has 9 aromatic rings. The molecule has 242 valence electrons. The van der Waals surface area contributed by atoms with Gasteiger partial charge in [-0.15, -0.1) is 0 Å². The molecule has 0 aliphatic heterocycles. The lowest BCUT2D eigenvalue weighted by molar-refractivity contribution is 0.669. The molecule has 51 heavy (non-hydrogen) atoms. The third-order valence-corrected chi connectivity index (χ3v) is 9.77. The second kappa shape index (κ2) is 13.0. The fourth-order valence-electron chi connectivity index (χ4n) is 7.02. The molecule has 0 radical (unpaired) electrons. The van der Waals surface area contributed by atoms with Crippen LogP contribution in [0.1, 0.15) is 5.56 Å². The van der Waals surface area contributed by atoms with E-state index in [4.69, 9.17) is 4.42 Å². The lowest BCUT2D eigenvalue weighted by Gasteiger charge is -2.26. The van der Waals surface area contributed by atoms with Crippen LogP contribution in [0.25, 0.3) is 66.4 Å². The number of nitrogens with zero attached hydrogens (tertiary/aromatic N) is 1. The summed E-state index contributed by atoms with van der Waals surface area (Å²) in [7, 11) is 0. The van der Waals surface area contributed by atoms with Crippen molar-refractivity contribution in [3.63, 3.8) is 0 Å². The molecule has 2 heteroatoms. The van der Waals surface area contributed by atoms with Gasteiger partial charge in [-0.25, -0.2) is 0 Å². The fraction of sp³-hybridized carbons (Fsp3) is 0.0204. The second-order valence-electron chi connectivity index (χ2n) is 13.1. The van der Waals surface area contributed by atoms with E-state index in [0.29, 0.717) is 0 Å². The van der Waals surface area contributed by atoms with E-state index in [1.807, 2.05) is 12.1 Å². The summed E-state index contributed by atoms with van der Waals surface area (Å²) in [5.74, 6) is 0. The lowest BCUT2D eigenvalue weighted by atomic mass is 9.98. The van der Waals surface area contributed by atoms with E-state index < -0.39 is 0 Å². The molecule has 1 aromatic heterocycles. The summed E-state index contributed by atoms with van der Waals surface area (Å²) in [6.07, 6.45) is 0. The van der Waals surface area contributed by atoms with Crippen LogP contribution in [0.2, 0.25) is 0 Å². The van der Waals surface area contributed by atoms with Crippen molar-refractivity contribution in [1.82, 2.24) is 0 Å². The Kier molecular flexibility index (Phi) is 7.75. The zero-order valence-corrected chi connectivity index (χ0v) is 28.3. The lowest BCUT2D eigenvalue weighted by Crippen LogP contribution is -2.09. The Morgan fingerprint density at radius 1 is 0.314 bits per heavy atom. The zero-order chi connectivity index (χ0) is 34.1. The van der Waals surface area contributed by atoms with Gasteiger partial charge in [0.25, 0.3) is 0 Å². The Bertz CT molecular complexity index is 2600. The van der Waals surface area contributed by atoms with Crippen LogP contribution in [0.5, 0.6) is 0 Å². The zero-order valence-electron chi connectivity index (χ0n) is 28.3. The summed E-state index contributed by atoms with van der Waals surface area (Å²) < 4.78 is 6.09. The van der Waals surface area contributed by atoms with Gasteiger partial charge >= 0.3 is 0 Å². The van der Waals surface area contributed by atoms with Gasteiger partial charge in [0.1, 0.15) is 11.2 Å². The van der Waals surface area contributed by atoms with E-state index in [0.717, 1.165) is 50.1 Å². The Balaban J connectivity index is 1.07. The number of hydrogen-bond acceptors (Lipinski definition) is 2. The Morgan fingerprint density at radius 2 is 0.725 bits per heavy atom. The average molecular weight is 654 g/mol. The molecule has 0 unspecified atom stereocenters. The number of furan rings is 1. The largest absolute Gasteiger partial charge is 0.456 e. The number of fused-ring (bicyclic) bond motifs is 3. The number of hydrogen-bond donors (Lipinski definition) is 0. The highest BCUT2D eigenvalue weighted by atomic mass is 16.3. The van der Waals surface area contributed by atoms with E-state index in [1.54, 1.807) is 0 Å². The number of para-hydroxylation sites is 1. The number of anilines is 3. The summed E-state index contributed by atoms with van der Waals surface area (Å²) in [5, 5.41) is 2.28. The van der Waals surface area contributed by atoms with Crippen molar-refractivity contribution in [2.45, 2.75) is 6.92 Å². The van der Waals surface area contributed by atoms with Gasteiger partial charge in [0.2, 0.25) is 0 Å². The van der Waals surface area contributed by atoms with Crippen molar-refractivity contribution in [3.8, 4) is 44.5 Å². The minimum absolute atomic E-state index is 0.909. The minimum Gasteiger partial charge on any atom is -0.456 e. The normalized spacial score (nSPS) is 11.2. The third-order valence-electron chi connectivity index (χ3n) is 9.77. The van der Waals surface area contributed by atoms with Crippen molar-refractivity contribution in [1.29, 1.82) is 0 Å². The molecule has 2 nitrogen and oxygen atoms in total. The van der Waals surface area contributed by atoms with Gasteiger partial charge in [-0.05, 0) is 112 Å². The maximum atomic E-state index is 6.09. The molecule has 0 saturated carbocycles. The highest BCUT2D eigenvalue weighted by molar-refractivity contribution is 6.06. The van der Waals surface area contributed by atoms with Gasteiger partial charge in [-0.2, -0.15) is 0 Å². The Labute approximate surface area is 298 Å². The van der Waals surface area contributed by atoms with Crippen LogP contribution in [0.3, 0.4) is 0 Å². The monoisotopic (exact) mass is 653 g/mol. The van der Waals surface area contributed by atoms with E-state index in [-0.39, 0.29) is 0 Å². The van der Waals surface area contributed by atoms with Crippen LogP contribution in [0.4, 0.5) is 17.1 Å². The van der Waals surface area contributed by atoms with Crippen molar-refractivity contribution in [2.75, 3.05) is 4.90 Å². The fourth-order valence-corrected chi connectivity index (χ4v) is 7.02. The Hall–Kier alpha value is -6.64. The van der Waals surface area contributed by atoms with Gasteiger partial charge in [0.15, 0.2) is 0 Å². The van der Waals surface area contributed by atoms with Crippen molar-refractivity contribution < 1.29 is 4.42 Å². The van der Waals surface area contributed by atoms with Crippen molar-refractivity contribution >= 4 is 39.0 Å². The standard InChI is InChI=1S/C49H35NO/c1-34-14-16-37(17-15-34)40-10-7-11-41(32-40)38-20-27-44(28-21-38)50(43-25-18-36(19-26-43)35-8-3-2-4-9-35)45-29-22-39(23-30-45)42-24-31-49-47(33-42)46-12-5-6-13-48(46)51-49/h2-33H,1H3. The smallest absolute Gasteiger partial charge is 0.135 e. The first-order valence-corrected chi connectivity index (χ1v) is 17.4. The average Bonchev–Trinajstić information content (AvgIpc) is 3.58. The van der Waals surface area contributed by atoms with Gasteiger partial charge in [0, 0.05) is 27.8 Å². The van der Waals surface area contributed by atoms with Crippen molar-refractivity contribution in [2.24, 2.45) is 0 Å². The molecule has 0 aliphatic rings. The van der Waals surface area contributed by atoms with E-state index >= 15 is 0 Å². The first-order valence-electron chi connectivity index (χ1n) is 17.4. The van der Waals surface area contributed by atoms with E-state index in [9.17, 15) is 0 Å². The molecule has 0 spiro atoms. The maximum Gasteiger partial charge on any atom is 0.135 e.